The summed E-state index contributed by atoms with van der Waals surface area (Å²) < 4.78 is 0. The van der Waals surface area contributed by atoms with Crippen LogP contribution in [0.15, 0.2) is 48.5 Å². The minimum Gasteiger partial charge on any atom is -0.381 e. The molecule has 2 rings (SSSR count). The van der Waals surface area contributed by atoms with E-state index in [2.05, 4.69) is 79.5 Å². The molecule has 2 nitrogen and oxygen atoms in total. The van der Waals surface area contributed by atoms with Crippen molar-refractivity contribution in [1.29, 1.82) is 0 Å². The highest BCUT2D eigenvalue weighted by Crippen LogP contribution is 2.15. The average Bonchev–Trinajstić information content (AvgIpc) is 2.52. The maximum Gasteiger partial charge on any atom is 0.0403 e. The van der Waals surface area contributed by atoms with Crippen LogP contribution in [0.2, 0.25) is 0 Å². The molecule has 2 aromatic carbocycles. The number of rotatable bonds is 7. The molecule has 0 atom stereocenters. The Hall–Kier alpha value is -1.80. The number of benzene rings is 2. The summed E-state index contributed by atoms with van der Waals surface area (Å²) in [5.74, 6) is 0. The van der Waals surface area contributed by atoms with Crippen molar-refractivity contribution in [1.82, 2.24) is 4.90 Å². The van der Waals surface area contributed by atoms with E-state index in [1.165, 1.54) is 22.4 Å². The van der Waals surface area contributed by atoms with Gasteiger partial charge >= 0.3 is 0 Å². The van der Waals surface area contributed by atoms with Gasteiger partial charge in [0.25, 0.3) is 0 Å². The van der Waals surface area contributed by atoms with Crippen molar-refractivity contribution in [3.8, 4) is 0 Å². The molecule has 0 aliphatic carbocycles. The number of nitrogens with one attached hydrogen (secondary N) is 1. The molecule has 0 radical (unpaired) electrons. The van der Waals surface area contributed by atoms with Crippen LogP contribution in [0.4, 0.5) is 5.69 Å². The van der Waals surface area contributed by atoms with E-state index in [9.17, 15) is 0 Å². The zero-order valence-corrected chi connectivity index (χ0v) is 13.4. The fraction of sp³-hybridized carbons (Fsp3) is 0.368. The van der Waals surface area contributed by atoms with Gasteiger partial charge in [0.05, 0.1) is 0 Å². The first kappa shape index (κ1) is 15.6. The Kier molecular flexibility index (Phi) is 5.82. The Balaban J connectivity index is 1.99. The third-order valence-corrected chi connectivity index (χ3v) is 3.97. The maximum atomic E-state index is 3.53. The van der Waals surface area contributed by atoms with Crippen LogP contribution in [0.3, 0.4) is 0 Å². The van der Waals surface area contributed by atoms with E-state index in [0.717, 1.165) is 26.2 Å². The summed E-state index contributed by atoms with van der Waals surface area (Å²) in [4.78, 5) is 2.43. The molecule has 0 aromatic heterocycles. The fourth-order valence-electron chi connectivity index (χ4n) is 2.49. The Labute approximate surface area is 128 Å². The van der Waals surface area contributed by atoms with Crippen LogP contribution in [0.5, 0.6) is 0 Å². The van der Waals surface area contributed by atoms with Crippen LogP contribution in [0.25, 0.3) is 0 Å². The van der Waals surface area contributed by atoms with E-state index >= 15 is 0 Å². The van der Waals surface area contributed by atoms with Gasteiger partial charge in [-0.05, 0) is 48.8 Å². The summed E-state index contributed by atoms with van der Waals surface area (Å²) in [5.41, 5.74) is 5.26. The molecule has 1 N–H and O–H groups in total. The summed E-state index contributed by atoms with van der Waals surface area (Å²) in [6.45, 7) is 10.7. The Bertz CT molecular complexity index is 559. The molecule has 112 valence electrons. The van der Waals surface area contributed by atoms with Crippen LogP contribution in [0, 0.1) is 6.92 Å². The third kappa shape index (κ3) is 4.61. The molecular weight excluding hydrogens is 256 g/mol. The molecule has 0 amide bonds. The number of nitrogens with zero attached hydrogens (tertiary/aromatic N) is 1. The monoisotopic (exact) mass is 282 g/mol. The molecule has 0 heterocycles. The van der Waals surface area contributed by atoms with Crippen molar-refractivity contribution < 1.29 is 0 Å². The van der Waals surface area contributed by atoms with Gasteiger partial charge in [-0.1, -0.05) is 50.2 Å². The van der Waals surface area contributed by atoms with Crippen molar-refractivity contribution in [2.24, 2.45) is 0 Å². The Morgan fingerprint density at radius 3 is 2.43 bits per heavy atom. The minimum atomic E-state index is 0.876. The van der Waals surface area contributed by atoms with Gasteiger partial charge in [-0.2, -0.15) is 0 Å². The van der Waals surface area contributed by atoms with Crippen LogP contribution in [-0.4, -0.2) is 18.0 Å². The molecular formula is C19H26N2. The standard InChI is InChI=1S/C19H26N2/c1-4-21(5-2)15-17-10-8-12-19(13-17)20-14-18-11-7-6-9-16(18)3/h6-13,20H,4-5,14-15H2,1-3H3. The topological polar surface area (TPSA) is 15.3 Å². The lowest BCUT2D eigenvalue weighted by molar-refractivity contribution is 0.296. The van der Waals surface area contributed by atoms with Crippen molar-refractivity contribution in [2.75, 3.05) is 18.4 Å². The van der Waals surface area contributed by atoms with Gasteiger partial charge in [0.1, 0.15) is 0 Å². The van der Waals surface area contributed by atoms with E-state index in [0.29, 0.717) is 0 Å². The van der Waals surface area contributed by atoms with Crippen LogP contribution < -0.4 is 5.32 Å². The van der Waals surface area contributed by atoms with Gasteiger partial charge < -0.3 is 5.32 Å². The predicted molar refractivity (Wildman–Crippen MR) is 91.6 cm³/mol. The second-order valence-electron chi connectivity index (χ2n) is 5.44. The van der Waals surface area contributed by atoms with Crippen molar-refractivity contribution in [2.45, 2.75) is 33.9 Å². The molecule has 0 spiro atoms. The van der Waals surface area contributed by atoms with Crippen molar-refractivity contribution in [3.63, 3.8) is 0 Å². The second-order valence-corrected chi connectivity index (χ2v) is 5.44. The molecule has 2 aromatic rings. The average molecular weight is 282 g/mol. The van der Waals surface area contributed by atoms with E-state index < -0.39 is 0 Å². The van der Waals surface area contributed by atoms with Gasteiger partial charge in [0, 0.05) is 18.8 Å². The Morgan fingerprint density at radius 1 is 0.952 bits per heavy atom. The predicted octanol–water partition coefficient (Wildman–Crippen LogP) is 4.45. The van der Waals surface area contributed by atoms with Gasteiger partial charge in [-0.25, -0.2) is 0 Å². The molecule has 0 aliphatic rings. The van der Waals surface area contributed by atoms with Gasteiger partial charge in [0.15, 0.2) is 0 Å². The summed E-state index contributed by atoms with van der Waals surface area (Å²) in [6, 6.07) is 17.3. The lowest BCUT2D eigenvalue weighted by atomic mass is 10.1. The highest BCUT2D eigenvalue weighted by atomic mass is 15.1. The van der Waals surface area contributed by atoms with Gasteiger partial charge in [0.2, 0.25) is 0 Å². The largest absolute Gasteiger partial charge is 0.381 e. The number of anilines is 1. The lowest BCUT2D eigenvalue weighted by Gasteiger charge is -2.18. The molecule has 0 fully saturated rings. The van der Waals surface area contributed by atoms with Crippen molar-refractivity contribution in [3.05, 3.63) is 65.2 Å². The minimum absolute atomic E-state index is 0.876. The zero-order chi connectivity index (χ0) is 15.1. The zero-order valence-electron chi connectivity index (χ0n) is 13.4. The van der Waals surface area contributed by atoms with Crippen LogP contribution in [0.1, 0.15) is 30.5 Å². The fourth-order valence-corrected chi connectivity index (χ4v) is 2.49. The number of hydrogen-bond donors (Lipinski definition) is 1. The van der Waals surface area contributed by atoms with Crippen LogP contribution >= 0.6 is 0 Å². The molecule has 21 heavy (non-hydrogen) atoms. The highest BCUT2D eigenvalue weighted by molar-refractivity contribution is 5.46. The lowest BCUT2D eigenvalue weighted by Crippen LogP contribution is -2.22. The first-order chi connectivity index (χ1) is 10.2. The maximum absolute atomic E-state index is 3.53. The van der Waals surface area contributed by atoms with E-state index in [-0.39, 0.29) is 0 Å². The van der Waals surface area contributed by atoms with E-state index in [4.69, 9.17) is 0 Å². The smallest absolute Gasteiger partial charge is 0.0403 e. The Morgan fingerprint density at radius 2 is 1.71 bits per heavy atom. The number of hydrogen-bond acceptors (Lipinski definition) is 2. The quantitative estimate of drug-likeness (QED) is 0.807. The summed E-state index contributed by atoms with van der Waals surface area (Å²) >= 11 is 0. The molecule has 0 aliphatic heterocycles. The second kappa shape index (κ2) is 7.84. The van der Waals surface area contributed by atoms with Crippen LogP contribution in [-0.2, 0) is 13.1 Å². The molecule has 0 unspecified atom stereocenters. The molecule has 0 saturated heterocycles. The summed E-state index contributed by atoms with van der Waals surface area (Å²) in [5, 5.41) is 3.53. The first-order valence-corrected chi connectivity index (χ1v) is 7.82. The summed E-state index contributed by atoms with van der Waals surface area (Å²) in [7, 11) is 0. The molecule has 2 heteroatoms. The van der Waals surface area contributed by atoms with Gasteiger partial charge in [-0.15, -0.1) is 0 Å². The highest BCUT2D eigenvalue weighted by Gasteiger charge is 2.02. The SMILES string of the molecule is CCN(CC)Cc1cccc(NCc2ccccc2C)c1. The number of aryl methyl sites for hydroxylation is 1. The third-order valence-electron chi connectivity index (χ3n) is 3.97. The molecule has 0 saturated carbocycles. The molecule has 0 bridgehead atoms. The van der Waals surface area contributed by atoms with E-state index in [1.54, 1.807) is 0 Å². The normalized spacial score (nSPS) is 10.9. The first-order valence-electron chi connectivity index (χ1n) is 7.82. The van der Waals surface area contributed by atoms with Gasteiger partial charge in [-0.3, -0.25) is 4.90 Å². The van der Waals surface area contributed by atoms with Crippen molar-refractivity contribution >= 4 is 5.69 Å². The summed E-state index contributed by atoms with van der Waals surface area (Å²) in [6.07, 6.45) is 0. The van der Waals surface area contributed by atoms with E-state index in [1.807, 2.05) is 0 Å².